The van der Waals surface area contributed by atoms with Crippen LogP contribution in [0.2, 0.25) is 0 Å². The molecule has 0 aromatic heterocycles. The normalized spacial score (nSPS) is 8.92. The number of hydrogen-bond acceptors (Lipinski definition) is 4. The first kappa shape index (κ1) is 11.7. The van der Waals surface area contributed by atoms with Crippen LogP contribution in [-0.4, -0.2) is 48.5 Å². The van der Waals surface area contributed by atoms with E-state index in [-0.39, 0.29) is 0 Å². The predicted molar refractivity (Wildman–Crippen MR) is 44.6 cm³/mol. The van der Waals surface area contributed by atoms with Gasteiger partial charge in [-0.2, -0.15) is 0 Å². The average Bonchev–Trinajstić information content (AvgIpc) is 2.12. The van der Waals surface area contributed by atoms with Crippen molar-refractivity contribution in [2.75, 3.05) is 21.2 Å². The summed E-state index contributed by atoms with van der Waals surface area (Å²) in [5.74, 6) is 0. The number of nitrogens with zero attached hydrogens (tertiary/aromatic N) is 2. The van der Waals surface area contributed by atoms with Gasteiger partial charge in [0.15, 0.2) is 0 Å². The van der Waals surface area contributed by atoms with E-state index >= 15 is 0 Å². The SMILES string of the molecule is COC(=O)N(C)C(=O)N(C)C(=O)Cl. The lowest BCUT2D eigenvalue weighted by atomic mass is 10.7. The van der Waals surface area contributed by atoms with Crippen molar-refractivity contribution in [3.63, 3.8) is 0 Å². The van der Waals surface area contributed by atoms with E-state index in [1.165, 1.54) is 7.05 Å². The van der Waals surface area contributed by atoms with Crippen LogP contribution in [0.4, 0.5) is 14.4 Å². The maximum atomic E-state index is 11.1. The van der Waals surface area contributed by atoms with Gasteiger partial charge in [0.05, 0.1) is 7.11 Å². The molecule has 4 amide bonds. The summed E-state index contributed by atoms with van der Waals surface area (Å²) < 4.78 is 4.25. The minimum absolute atomic E-state index is 0.582. The van der Waals surface area contributed by atoms with Gasteiger partial charge in [0.25, 0.3) is 0 Å². The highest BCUT2D eigenvalue weighted by Gasteiger charge is 2.23. The Bertz CT molecular complexity index is 243. The molecule has 0 N–H and O–H groups in total. The number of methoxy groups -OCH3 is 1. The molecule has 0 heterocycles. The predicted octanol–water partition coefficient (Wildman–Crippen LogP) is 1.10. The Morgan fingerprint density at radius 1 is 1.15 bits per heavy atom. The Morgan fingerprint density at radius 2 is 1.62 bits per heavy atom. The smallest absolute Gasteiger partial charge is 0.417 e. The van der Waals surface area contributed by atoms with Crippen LogP contribution in [0.15, 0.2) is 0 Å². The van der Waals surface area contributed by atoms with E-state index in [1.807, 2.05) is 0 Å². The summed E-state index contributed by atoms with van der Waals surface area (Å²) >= 11 is 5.00. The number of hydrogen-bond donors (Lipinski definition) is 0. The van der Waals surface area contributed by atoms with E-state index in [4.69, 9.17) is 11.6 Å². The molecule has 0 aliphatic heterocycles. The van der Waals surface area contributed by atoms with E-state index in [0.717, 1.165) is 14.2 Å². The van der Waals surface area contributed by atoms with Gasteiger partial charge in [-0.25, -0.2) is 14.5 Å². The van der Waals surface area contributed by atoms with Crippen molar-refractivity contribution in [1.29, 1.82) is 0 Å². The zero-order valence-electron chi connectivity index (χ0n) is 7.41. The highest BCUT2D eigenvalue weighted by Crippen LogP contribution is 1.99. The monoisotopic (exact) mass is 208 g/mol. The van der Waals surface area contributed by atoms with Gasteiger partial charge in [0.1, 0.15) is 0 Å². The summed E-state index contributed by atoms with van der Waals surface area (Å²) in [5, 5.41) is -0.972. The van der Waals surface area contributed by atoms with E-state index < -0.39 is 17.5 Å². The second kappa shape index (κ2) is 4.66. The molecule has 0 saturated carbocycles. The van der Waals surface area contributed by atoms with Gasteiger partial charge in [-0.15, -0.1) is 0 Å². The van der Waals surface area contributed by atoms with Crippen LogP contribution in [0.25, 0.3) is 0 Å². The number of ether oxygens (including phenoxy) is 1. The van der Waals surface area contributed by atoms with Gasteiger partial charge in [-0.05, 0) is 11.6 Å². The molecule has 0 saturated heterocycles. The summed E-state index contributed by atoms with van der Waals surface area (Å²) in [6.45, 7) is 0. The Kier molecular flexibility index (Phi) is 4.19. The molecule has 0 bridgehead atoms. The Morgan fingerprint density at radius 3 is 1.92 bits per heavy atom. The third-order valence-electron chi connectivity index (χ3n) is 1.29. The molecule has 0 atom stereocenters. The van der Waals surface area contributed by atoms with Gasteiger partial charge in [-0.1, -0.05) is 0 Å². The first-order valence-corrected chi connectivity index (χ1v) is 3.58. The molecule has 0 spiro atoms. The van der Waals surface area contributed by atoms with E-state index in [2.05, 4.69) is 4.74 Å². The molecule has 0 fully saturated rings. The van der Waals surface area contributed by atoms with Crippen molar-refractivity contribution in [2.45, 2.75) is 0 Å². The Balaban J connectivity index is 4.42. The van der Waals surface area contributed by atoms with E-state index in [1.54, 1.807) is 0 Å². The second-order valence-electron chi connectivity index (χ2n) is 2.12. The van der Waals surface area contributed by atoms with Crippen LogP contribution in [0.1, 0.15) is 0 Å². The van der Waals surface area contributed by atoms with Crippen molar-refractivity contribution in [2.24, 2.45) is 0 Å². The lowest BCUT2D eigenvalue weighted by Crippen LogP contribution is -2.43. The molecule has 0 aromatic carbocycles. The maximum Gasteiger partial charge on any atom is 0.417 e. The number of urea groups is 1. The fourth-order valence-electron chi connectivity index (χ4n) is 0.515. The minimum Gasteiger partial charge on any atom is -0.452 e. The van der Waals surface area contributed by atoms with Gasteiger partial charge >= 0.3 is 17.5 Å². The number of carbonyl (C=O) groups excluding carboxylic acids is 3. The molecule has 13 heavy (non-hydrogen) atoms. The lowest BCUT2D eigenvalue weighted by molar-refractivity contribution is 0.130. The van der Waals surface area contributed by atoms with E-state index in [9.17, 15) is 14.4 Å². The van der Waals surface area contributed by atoms with Crippen LogP contribution in [0.5, 0.6) is 0 Å². The van der Waals surface area contributed by atoms with Gasteiger partial charge in [0, 0.05) is 14.1 Å². The molecule has 7 heteroatoms. The molecule has 0 unspecified atom stereocenters. The lowest BCUT2D eigenvalue weighted by Gasteiger charge is -2.18. The van der Waals surface area contributed by atoms with Crippen LogP contribution < -0.4 is 0 Å². The van der Waals surface area contributed by atoms with Crippen LogP contribution in [0.3, 0.4) is 0 Å². The van der Waals surface area contributed by atoms with Crippen molar-refractivity contribution < 1.29 is 19.1 Å². The summed E-state index contributed by atoms with van der Waals surface area (Å²) in [6, 6.07) is -0.855. The fraction of sp³-hybridized carbons (Fsp3) is 0.500. The number of imide groups is 2. The number of halogens is 1. The summed E-state index contributed by atoms with van der Waals surface area (Å²) in [5.41, 5.74) is 0. The molecule has 0 aliphatic carbocycles. The van der Waals surface area contributed by atoms with E-state index in [0.29, 0.717) is 9.80 Å². The van der Waals surface area contributed by atoms with Gasteiger partial charge in [-0.3, -0.25) is 9.69 Å². The second-order valence-corrected chi connectivity index (χ2v) is 2.45. The first-order valence-electron chi connectivity index (χ1n) is 3.20. The summed E-state index contributed by atoms with van der Waals surface area (Å²) in [6.07, 6.45) is -0.866. The van der Waals surface area contributed by atoms with Crippen molar-refractivity contribution in [3.05, 3.63) is 0 Å². The quantitative estimate of drug-likeness (QED) is 0.442. The molecule has 0 radical (unpaired) electrons. The van der Waals surface area contributed by atoms with Crippen molar-refractivity contribution in [1.82, 2.24) is 9.80 Å². The van der Waals surface area contributed by atoms with Gasteiger partial charge in [0.2, 0.25) is 0 Å². The van der Waals surface area contributed by atoms with Crippen LogP contribution >= 0.6 is 11.6 Å². The Hall–Kier alpha value is -1.30. The first-order chi connectivity index (χ1) is 5.91. The third-order valence-corrected chi connectivity index (χ3v) is 1.54. The van der Waals surface area contributed by atoms with Crippen LogP contribution in [0, 0.1) is 0 Å². The Labute approximate surface area is 80.0 Å². The molecular weight excluding hydrogens is 200 g/mol. The molecule has 0 aliphatic rings. The minimum atomic E-state index is -0.972. The molecule has 6 nitrogen and oxygen atoms in total. The highest BCUT2D eigenvalue weighted by atomic mass is 35.5. The summed E-state index contributed by atoms with van der Waals surface area (Å²) in [4.78, 5) is 33.6. The average molecular weight is 209 g/mol. The molecule has 0 aromatic rings. The number of carbonyl (C=O) groups is 3. The van der Waals surface area contributed by atoms with Crippen LogP contribution in [-0.2, 0) is 4.74 Å². The molecule has 74 valence electrons. The molecular formula is C6H9ClN2O4. The fourth-order valence-corrected chi connectivity index (χ4v) is 0.588. The van der Waals surface area contributed by atoms with Gasteiger partial charge < -0.3 is 4.74 Å². The third kappa shape index (κ3) is 2.90. The topological polar surface area (TPSA) is 66.9 Å². The summed E-state index contributed by atoms with van der Waals surface area (Å²) in [7, 11) is 3.44. The zero-order chi connectivity index (χ0) is 10.6. The molecule has 0 rings (SSSR count). The zero-order valence-corrected chi connectivity index (χ0v) is 8.16. The van der Waals surface area contributed by atoms with Crippen molar-refractivity contribution >= 4 is 29.1 Å². The standard InChI is InChI=1S/C6H9ClN2O4/c1-8(4(7)10)5(11)9(2)6(12)13-3/h1-3H3. The number of rotatable bonds is 0. The highest BCUT2D eigenvalue weighted by molar-refractivity contribution is 6.64. The maximum absolute atomic E-state index is 11.1. The number of amides is 4. The van der Waals surface area contributed by atoms with Crippen molar-refractivity contribution in [3.8, 4) is 0 Å². The largest absolute Gasteiger partial charge is 0.452 e.